The van der Waals surface area contributed by atoms with Crippen molar-refractivity contribution in [1.82, 2.24) is 5.32 Å². The summed E-state index contributed by atoms with van der Waals surface area (Å²) in [4.78, 5) is 0. The zero-order valence-electron chi connectivity index (χ0n) is 12.1. The summed E-state index contributed by atoms with van der Waals surface area (Å²) in [6.45, 7) is 6.38. The van der Waals surface area contributed by atoms with Crippen LogP contribution in [0, 0.1) is 5.92 Å². The van der Waals surface area contributed by atoms with Gasteiger partial charge in [-0.25, -0.2) is 8.42 Å². The Bertz CT molecular complexity index is 317. The molecule has 0 atom stereocenters. The first-order valence-corrected chi connectivity index (χ1v) is 9.12. The van der Waals surface area contributed by atoms with E-state index >= 15 is 0 Å². The highest BCUT2D eigenvalue weighted by atomic mass is 32.2. The molecule has 1 fully saturated rings. The molecule has 0 aromatic carbocycles. The van der Waals surface area contributed by atoms with Crippen LogP contribution in [0.3, 0.4) is 0 Å². The first-order chi connectivity index (χ1) is 8.45. The third-order valence-corrected chi connectivity index (χ3v) is 6.29. The van der Waals surface area contributed by atoms with Gasteiger partial charge in [0.2, 0.25) is 0 Å². The molecule has 1 N–H and O–H groups in total. The van der Waals surface area contributed by atoms with Crippen molar-refractivity contribution in [1.29, 1.82) is 0 Å². The van der Waals surface area contributed by atoms with Crippen molar-refractivity contribution in [3.63, 3.8) is 0 Å². The molecule has 0 aromatic rings. The second-order valence-electron chi connectivity index (χ2n) is 5.88. The molecule has 0 unspecified atom stereocenters. The van der Waals surface area contributed by atoms with Crippen LogP contribution in [0.2, 0.25) is 0 Å². The standard InChI is InChI=1S/C14H29NO2S/c1-4-5-13-6-8-14(9-7-13)15-10-11-18(16,17)12(2)3/h12-15H,4-11H2,1-3H3. The van der Waals surface area contributed by atoms with E-state index in [4.69, 9.17) is 0 Å². The van der Waals surface area contributed by atoms with Gasteiger partial charge in [0.25, 0.3) is 0 Å². The van der Waals surface area contributed by atoms with Crippen molar-refractivity contribution in [2.75, 3.05) is 12.3 Å². The molecule has 1 saturated carbocycles. The lowest BCUT2D eigenvalue weighted by Crippen LogP contribution is -2.37. The van der Waals surface area contributed by atoms with Crippen molar-refractivity contribution < 1.29 is 8.42 Å². The van der Waals surface area contributed by atoms with Gasteiger partial charge in [0.1, 0.15) is 0 Å². The van der Waals surface area contributed by atoms with Crippen molar-refractivity contribution in [2.45, 2.75) is 70.6 Å². The minimum absolute atomic E-state index is 0.250. The molecular weight excluding hydrogens is 246 g/mol. The van der Waals surface area contributed by atoms with Crippen LogP contribution in [-0.2, 0) is 9.84 Å². The Morgan fingerprint density at radius 3 is 2.28 bits per heavy atom. The number of rotatable bonds is 7. The maximum absolute atomic E-state index is 11.7. The molecule has 1 rings (SSSR count). The topological polar surface area (TPSA) is 46.2 Å². The first-order valence-electron chi connectivity index (χ1n) is 7.40. The van der Waals surface area contributed by atoms with Crippen molar-refractivity contribution in [3.8, 4) is 0 Å². The Balaban J connectivity index is 2.19. The van der Waals surface area contributed by atoms with E-state index in [0.717, 1.165) is 5.92 Å². The fourth-order valence-electron chi connectivity index (χ4n) is 2.70. The molecule has 1 aliphatic rings. The largest absolute Gasteiger partial charge is 0.313 e. The molecule has 0 radical (unpaired) electrons. The maximum atomic E-state index is 11.7. The molecule has 0 heterocycles. The average molecular weight is 275 g/mol. The fraction of sp³-hybridized carbons (Fsp3) is 1.00. The van der Waals surface area contributed by atoms with Crippen LogP contribution in [0.5, 0.6) is 0 Å². The molecule has 4 heteroatoms. The zero-order valence-corrected chi connectivity index (χ0v) is 12.9. The second-order valence-corrected chi connectivity index (χ2v) is 8.55. The van der Waals surface area contributed by atoms with Crippen LogP contribution in [0.1, 0.15) is 59.3 Å². The van der Waals surface area contributed by atoms with Gasteiger partial charge in [-0.2, -0.15) is 0 Å². The van der Waals surface area contributed by atoms with E-state index in [1.54, 1.807) is 13.8 Å². The van der Waals surface area contributed by atoms with Gasteiger partial charge < -0.3 is 5.32 Å². The van der Waals surface area contributed by atoms with Crippen LogP contribution in [0.4, 0.5) is 0 Å². The lowest BCUT2D eigenvalue weighted by molar-refractivity contribution is 0.281. The number of sulfone groups is 1. The second kappa shape index (κ2) is 7.49. The van der Waals surface area contributed by atoms with Gasteiger partial charge in [0.15, 0.2) is 9.84 Å². The maximum Gasteiger partial charge on any atom is 0.153 e. The summed E-state index contributed by atoms with van der Waals surface area (Å²) in [7, 11) is -2.88. The molecular formula is C14H29NO2S. The van der Waals surface area contributed by atoms with Crippen molar-refractivity contribution in [3.05, 3.63) is 0 Å². The molecule has 0 saturated heterocycles. The van der Waals surface area contributed by atoms with E-state index in [9.17, 15) is 8.42 Å². The van der Waals surface area contributed by atoms with Crippen LogP contribution in [0.15, 0.2) is 0 Å². The predicted molar refractivity (Wildman–Crippen MR) is 77.6 cm³/mol. The van der Waals surface area contributed by atoms with E-state index in [2.05, 4.69) is 12.2 Å². The highest BCUT2D eigenvalue weighted by Gasteiger charge is 2.21. The molecule has 0 aliphatic heterocycles. The monoisotopic (exact) mass is 275 g/mol. The Kier molecular flexibility index (Phi) is 6.64. The average Bonchev–Trinajstić information content (AvgIpc) is 2.31. The van der Waals surface area contributed by atoms with Crippen LogP contribution >= 0.6 is 0 Å². The fourth-order valence-corrected chi connectivity index (χ4v) is 3.58. The summed E-state index contributed by atoms with van der Waals surface area (Å²) in [5, 5.41) is 3.17. The van der Waals surface area contributed by atoms with E-state index in [0.29, 0.717) is 12.6 Å². The Hall–Kier alpha value is -0.0900. The molecule has 0 spiro atoms. The number of hydrogen-bond acceptors (Lipinski definition) is 3. The van der Waals surface area contributed by atoms with Gasteiger partial charge in [0, 0.05) is 12.6 Å². The molecule has 18 heavy (non-hydrogen) atoms. The van der Waals surface area contributed by atoms with Gasteiger partial charge in [-0.15, -0.1) is 0 Å². The molecule has 0 amide bonds. The van der Waals surface area contributed by atoms with Crippen LogP contribution in [0.25, 0.3) is 0 Å². The van der Waals surface area contributed by atoms with Crippen molar-refractivity contribution >= 4 is 9.84 Å². The predicted octanol–water partition coefficient (Wildman–Crippen LogP) is 2.76. The van der Waals surface area contributed by atoms with Gasteiger partial charge in [-0.05, 0) is 45.4 Å². The summed E-state index contributed by atoms with van der Waals surface area (Å²) >= 11 is 0. The van der Waals surface area contributed by atoms with Gasteiger partial charge >= 0.3 is 0 Å². The zero-order chi connectivity index (χ0) is 13.6. The normalized spacial score (nSPS) is 25.6. The third-order valence-electron chi connectivity index (χ3n) is 4.08. The van der Waals surface area contributed by atoms with E-state index in [-0.39, 0.29) is 11.0 Å². The van der Waals surface area contributed by atoms with Gasteiger partial charge in [-0.1, -0.05) is 19.8 Å². The summed E-state index contributed by atoms with van der Waals surface area (Å²) in [6, 6.07) is 0.542. The molecule has 1 aliphatic carbocycles. The summed E-state index contributed by atoms with van der Waals surface area (Å²) in [5.41, 5.74) is 0. The highest BCUT2D eigenvalue weighted by molar-refractivity contribution is 7.92. The molecule has 3 nitrogen and oxygen atoms in total. The number of nitrogens with one attached hydrogen (secondary N) is 1. The lowest BCUT2D eigenvalue weighted by atomic mass is 9.83. The van der Waals surface area contributed by atoms with Gasteiger partial charge in [-0.3, -0.25) is 0 Å². The first kappa shape index (κ1) is 16.0. The Morgan fingerprint density at radius 1 is 1.17 bits per heavy atom. The minimum atomic E-state index is -2.88. The summed E-state index contributed by atoms with van der Waals surface area (Å²) in [6.07, 6.45) is 7.69. The van der Waals surface area contributed by atoms with E-state index in [1.807, 2.05) is 0 Å². The SMILES string of the molecule is CCCC1CCC(NCCS(=O)(=O)C(C)C)CC1. The molecule has 108 valence electrons. The number of hydrogen-bond donors (Lipinski definition) is 1. The summed E-state index contributed by atoms with van der Waals surface area (Å²) < 4.78 is 23.3. The van der Waals surface area contributed by atoms with E-state index in [1.165, 1.54) is 38.5 Å². The Labute approximate surface area is 113 Å². The third kappa shape index (κ3) is 5.27. The minimum Gasteiger partial charge on any atom is -0.313 e. The van der Waals surface area contributed by atoms with Gasteiger partial charge in [0.05, 0.1) is 11.0 Å². The highest BCUT2D eigenvalue weighted by Crippen LogP contribution is 2.27. The quantitative estimate of drug-likeness (QED) is 0.777. The van der Waals surface area contributed by atoms with Crippen molar-refractivity contribution in [2.24, 2.45) is 5.92 Å². The van der Waals surface area contributed by atoms with E-state index < -0.39 is 9.84 Å². The van der Waals surface area contributed by atoms with Crippen LogP contribution in [-0.4, -0.2) is 32.0 Å². The Morgan fingerprint density at radius 2 is 1.78 bits per heavy atom. The van der Waals surface area contributed by atoms with Crippen LogP contribution < -0.4 is 5.32 Å². The molecule has 0 bridgehead atoms. The molecule has 0 aromatic heterocycles. The smallest absolute Gasteiger partial charge is 0.153 e. The summed E-state index contributed by atoms with van der Waals surface area (Å²) in [5.74, 6) is 1.19. The lowest BCUT2D eigenvalue weighted by Gasteiger charge is -2.29.